The lowest BCUT2D eigenvalue weighted by molar-refractivity contribution is -0.384. The summed E-state index contributed by atoms with van der Waals surface area (Å²) >= 11 is 6.00. The third-order valence-corrected chi connectivity index (χ3v) is 5.48. The fourth-order valence-electron chi connectivity index (χ4n) is 3.54. The number of fused-ring (bicyclic) bond motifs is 1. The maximum Gasteiger partial charge on any atom is 0.297 e. The number of nitrogens with one attached hydrogen (secondary N) is 1. The standard InChI is InChI=1S/C24H18ClN5O5/c1-14-5-4-6-15(11-14)26-21(31)13-29-20-8-3-2-7-17(20)22(24(29)33)27-28-23(32)18-12-16(30(34)35)9-10-19(18)25/h2-12,33H,13H2,1H3,(H,26,31). The summed E-state index contributed by atoms with van der Waals surface area (Å²) in [5.74, 6) is -1.67. The van der Waals surface area contributed by atoms with Crippen molar-refractivity contribution >= 4 is 51.4 Å². The normalized spacial score (nSPS) is 11.1. The summed E-state index contributed by atoms with van der Waals surface area (Å²) in [6.07, 6.45) is 0. The van der Waals surface area contributed by atoms with Crippen LogP contribution in [0, 0.1) is 17.0 Å². The molecule has 176 valence electrons. The van der Waals surface area contributed by atoms with E-state index in [0.717, 1.165) is 17.7 Å². The number of aryl methyl sites for hydroxylation is 1. The van der Waals surface area contributed by atoms with Crippen molar-refractivity contribution in [2.75, 3.05) is 5.32 Å². The number of carbonyl (C=O) groups excluding carboxylic acids is 2. The van der Waals surface area contributed by atoms with Crippen molar-refractivity contribution in [1.82, 2.24) is 4.57 Å². The number of aromatic hydroxyl groups is 1. The van der Waals surface area contributed by atoms with Crippen LogP contribution in [0.3, 0.4) is 0 Å². The number of para-hydroxylation sites is 1. The molecular weight excluding hydrogens is 474 g/mol. The highest BCUT2D eigenvalue weighted by Gasteiger charge is 2.20. The predicted molar refractivity (Wildman–Crippen MR) is 130 cm³/mol. The summed E-state index contributed by atoms with van der Waals surface area (Å²) in [6, 6.07) is 17.5. The van der Waals surface area contributed by atoms with Gasteiger partial charge >= 0.3 is 0 Å². The summed E-state index contributed by atoms with van der Waals surface area (Å²) in [5, 5.41) is 32.5. The van der Waals surface area contributed by atoms with E-state index in [1.165, 1.54) is 10.6 Å². The second-order valence-corrected chi connectivity index (χ2v) is 8.03. The van der Waals surface area contributed by atoms with E-state index in [-0.39, 0.29) is 40.3 Å². The predicted octanol–water partition coefficient (Wildman–Crippen LogP) is 5.78. The lowest BCUT2D eigenvalue weighted by atomic mass is 10.2. The first-order valence-electron chi connectivity index (χ1n) is 10.3. The monoisotopic (exact) mass is 491 g/mol. The third-order valence-electron chi connectivity index (χ3n) is 5.15. The van der Waals surface area contributed by atoms with E-state index in [2.05, 4.69) is 15.5 Å². The third kappa shape index (κ3) is 5.02. The highest BCUT2D eigenvalue weighted by Crippen LogP contribution is 2.39. The fraction of sp³-hybridized carbons (Fsp3) is 0.0833. The molecule has 0 bridgehead atoms. The molecule has 0 saturated heterocycles. The minimum atomic E-state index is -0.924. The summed E-state index contributed by atoms with van der Waals surface area (Å²) < 4.78 is 1.35. The van der Waals surface area contributed by atoms with Gasteiger partial charge in [0, 0.05) is 23.2 Å². The summed E-state index contributed by atoms with van der Waals surface area (Å²) in [5.41, 5.74) is 1.54. The lowest BCUT2D eigenvalue weighted by Gasteiger charge is -2.09. The van der Waals surface area contributed by atoms with Gasteiger partial charge in [-0.3, -0.25) is 19.7 Å². The van der Waals surface area contributed by atoms with Gasteiger partial charge in [0.15, 0.2) is 5.69 Å². The Bertz CT molecular complexity index is 1510. The second-order valence-electron chi connectivity index (χ2n) is 7.62. The zero-order chi connectivity index (χ0) is 25.1. The Kier molecular flexibility index (Phi) is 6.56. The molecule has 2 N–H and O–H groups in total. The molecule has 0 aliphatic carbocycles. The molecule has 0 unspecified atom stereocenters. The number of aromatic nitrogens is 1. The average Bonchev–Trinajstić information content (AvgIpc) is 3.08. The van der Waals surface area contributed by atoms with Gasteiger partial charge in [0.1, 0.15) is 6.54 Å². The number of rotatable bonds is 6. The van der Waals surface area contributed by atoms with E-state index >= 15 is 0 Å². The van der Waals surface area contributed by atoms with Crippen LogP contribution in [0.2, 0.25) is 5.02 Å². The Hall–Kier alpha value is -4.57. The maximum absolute atomic E-state index is 12.7. The molecule has 0 spiro atoms. The van der Waals surface area contributed by atoms with Gasteiger partial charge in [-0.2, -0.15) is 0 Å². The number of anilines is 1. The Morgan fingerprint density at radius 2 is 1.89 bits per heavy atom. The first kappa shape index (κ1) is 23.6. The van der Waals surface area contributed by atoms with Crippen LogP contribution in [0.25, 0.3) is 10.9 Å². The van der Waals surface area contributed by atoms with E-state index in [1.54, 1.807) is 30.3 Å². The number of hydrogen-bond acceptors (Lipinski definition) is 6. The first-order valence-corrected chi connectivity index (χ1v) is 10.7. The first-order chi connectivity index (χ1) is 16.7. The number of halogens is 1. The molecular formula is C24H18ClN5O5. The zero-order valence-electron chi connectivity index (χ0n) is 18.3. The number of amides is 2. The van der Waals surface area contributed by atoms with Crippen LogP contribution in [0.5, 0.6) is 5.88 Å². The number of nitro benzene ring substituents is 1. The van der Waals surface area contributed by atoms with E-state index in [0.29, 0.717) is 16.6 Å². The topological polar surface area (TPSA) is 139 Å². The van der Waals surface area contributed by atoms with Gasteiger partial charge in [-0.1, -0.05) is 41.9 Å². The molecule has 0 radical (unpaired) electrons. The Morgan fingerprint density at radius 1 is 1.11 bits per heavy atom. The average molecular weight is 492 g/mol. The quantitative estimate of drug-likeness (QED) is 0.200. The van der Waals surface area contributed by atoms with Crippen molar-refractivity contribution in [3.05, 3.63) is 93.0 Å². The molecule has 10 nitrogen and oxygen atoms in total. The number of azo groups is 1. The molecule has 4 rings (SSSR count). The Balaban J connectivity index is 1.64. The lowest BCUT2D eigenvalue weighted by Crippen LogP contribution is -2.18. The van der Waals surface area contributed by atoms with Crippen LogP contribution >= 0.6 is 11.6 Å². The Labute approximate surface area is 203 Å². The number of hydrogen-bond donors (Lipinski definition) is 2. The molecule has 0 atom stereocenters. The van der Waals surface area contributed by atoms with Gasteiger partial charge in [-0.05, 0) is 36.8 Å². The van der Waals surface area contributed by atoms with Gasteiger partial charge in [0.25, 0.3) is 11.6 Å². The van der Waals surface area contributed by atoms with Crippen LogP contribution < -0.4 is 5.32 Å². The number of nitrogens with zero attached hydrogens (tertiary/aromatic N) is 4. The minimum absolute atomic E-state index is 0.0287. The molecule has 11 heteroatoms. The van der Waals surface area contributed by atoms with Crippen molar-refractivity contribution in [3.63, 3.8) is 0 Å². The van der Waals surface area contributed by atoms with Crippen molar-refractivity contribution in [2.24, 2.45) is 10.2 Å². The summed E-state index contributed by atoms with van der Waals surface area (Å²) in [7, 11) is 0. The van der Waals surface area contributed by atoms with Crippen LogP contribution in [0.1, 0.15) is 15.9 Å². The van der Waals surface area contributed by atoms with Crippen molar-refractivity contribution < 1.29 is 19.6 Å². The summed E-state index contributed by atoms with van der Waals surface area (Å²) in [4.78, 5) is 35.6. The molecule has 2 amide bonds. The van der Waals surface area contributed by atoms with E-state index in [9.17, 15) is 24.8 Å². The fourth-order valence-corrected chi connectivity index (χ4v) is 3.74. The van der Waals surface area contributed by atoms with Crippen LogP contribution in [0.4, 0.5) is 17.1 Å². The molecule has 1 heterocycles. The second kappa shape index (κ2) is 9.74. The number of nitro groups is 1. The molecule has 0 saturated carbocycles. The van der Waals surface area contributed by atoms with Crippen LogP contribution in [0.15, 0.2) is 77.0 Å². The van der Waals surface area contributed by atoms with Crippen LogP contribution in [-0.2, 0) is 11.3 Å². The number of carbonyl (C=O) groups is 2. The van der Waals surface area contributed by atoms with Gasteiger partial charge in [0.2, 0.25) is 11.8 Å². The van der Waals surface area contributed by atoms with Crippen LogP contribution in [-0.4, -0.2) is 26.4 Å². The van der Waals surface area contributed by atoms with Gasteiger partial charge in [-0.15, -0.1) is 10.2 Å². The molecule has 4 aromatic rings. The maximum atomic E-state index is 12.7. The molecule has 1 aromatic heterocycles. The SMILES string of the molecule is Cc1cccc(NC(=O)Cn2c(O)c(N=NC(=O)c3cc([N+](=O)[O-])ccc3Cl)c3ccccc32)c1. The highest BCUT2D eigenvalue weighted by molar-refractivity contribution is 6.34. The minimum Gasteiger partial charge on any atom is -0.493 e. The Morgan fingerprint density at radius 3 is 2.63 bits per heavy atom. The smallest absolute Gasteiger partial charge is 0.297 e. The number of benzene rings is 3. The molecule has 0 aliphatic rings. The molecule has 35 heavy (non-hydrogen) atoms. The van der Waals surface area contributed by atoms with E-state index < -0.39 is 10.8 Å². The summed E-state index contributed by atoms with van der Waals surface area (Å²) in [6.45, 7) is 1.68. The van der Waals surface area contributed by atoms with E-state index in [4.69, 9.17) is 11.6 Å². The zero-order valence-corrected chi connectivity index (χ0v) is 19.1. The van der Waals surface area contributed by atoms with Gasteiger partial charge < -0.3 is 15.0 Å². The number of non-ortho nitro benzene ring substituents is 1. The molecule has 0 fully saturated rings. The molecule has 3 aromatic carbocycles. The molecule has 0 aliphatic heterocycles. The van der Waals surface area contributed by atoms with Gasteiger partial charge in [0.05, 0.1) is 21.0 Å². The highest BCUT2D eigenvalue weighted by atomic mass is 35.5. The van der Waals surface area contributed by atoms with Crippen molar-refractivity contribution in [1.29, 1.82) is 0 Å². The largest absolute Gasteiger partial charge is 0.493 e. The van der Waals surface area contributed by atoms with Crippen molar-refractivity contribution in [2.45, 2.75) is 13.5 Å². The van der Waals surface area contributed by atoms with E-state index in [1.807, 2.05) is 25.1 Å². The van der Waals surface area contributed by atoms with Crippen molar-refractivity contribution in [3.8, 4) is 5.88 Å². The van der Waals surface area contributed by atoms with Gasteiger partial charge in [-0.25, -0.2) is 0 Å².